The van der Waals surface area contributed by atoms with E-state index in [9.17, 15) is 0 Å². The zero-order chi connectivity index (χ0) is 55.9. The fourth-order valence-corrected chi connectivity index (χ4v) is 17.5. The van der Waals surface area contributed by atoms with Gasteiger partial charge in [0.2, 0.25) is 13.4 Å². The highest BCUT2D eigenvalue weighted by atomic mass is 32.2. The highest BCUT2D eigenvalue weighted by Gasteiger charge is 2.44. The lowest BCUT2D eigenvalue weighted by molar-refractivity contribution is 0.590. The Morgan fingerprint density at radius 3 is 0.787 bits per heavy atom. The van der Waals surface area contributed by atoms with Crippen LogP contribution in [0.15, 0.2) is 209 Å². The largest absolute Gasteiger partial charge is 0.310 e. The molecule has 0 N–H and O–H groups in total. The van der Waals surface area contributed by atoms with Gasteiger partial charge in [-0.15, -0.1) is 0 Å². The van der Waals surface area contributed by atoms with Gasteiger partial charge in [0.25, 0.3) is 0 Å². The number of anilines is 6. The smallest absolute Gasteiger partial charge is 0.247 e. The Kier molecular flexibility index (Phi) is 12.9. The normalized spacial score (nSPS) is 14.1. The van der Waals surface area contributed by atoms with E-state index in [2.05, 4.69) is 277 Å². The lowest BCUT2D eigenvalue weighted by atomic mass is 9.33. The van der Waals surface area contributed by atoms with Crippen molar-refractivity contribution < 1.29 is 0 Å². The molecule has 0 atom stereocenters. The standard InChI is InChI=1S/C72H70B2N2S4/c1-43-15-33-55-59(35-43)77-63-37-53(75(49-25-17-45(18-26-49)69(3,4)5)50-27-19-46(20-28-50)70(6,7)8)39-65-67(63)73(55)57-41-58-62(42-61(57)79-65)80-66-40-54(38-64-68(66)74(58)56-34-16-44(2)36-60(56)78-64)76(51-29-21-47(22-30-51)71(9,10)11)52-31-23-48(24-32-52)72(12,13)14/h15-42H,1-14H3. The predicted octanol–water partition coefficient (Wildman–Crippen LogP) is 17.3. The number of nitrogens with zero attached hydrogens (tertiary/aromatic N) is 2. The van der Waals surface area contributed by atoms with E-state index in [4.69, 9.17) is 0 Å². The number of rotatable bonds is 6. The molecule has 398 valence electrons. The molecule has 0 spiro atoms. The Labute approximate surface area is 494 Å². The number of fused-ring (bicyclic) bond motifs is 8. The third kappa shape index (κ3) is 9.48. The summed E-state index contributed by atoms with van der Waals surface area (Å²) in [6.07, 6.45) is 0. The molecular weight excluding hydrogens is 1040 g/mol. The molecule has 4 aliphatic rings. The Balaban J connectivity index is 0.978. The SMILES string of the molecule is Cc1ccc2c(c1)Sc1cc(N(c3ccc(C(C)(C)C)cc3)c3ccc(C(C)(C)C)cc3)cc3c1B2c1cc2c(cc1S3)Sc1cc(N(c3ccc(C(C)(C)C)cc3)c3ccc(C(C)(C)C)cc3)cc3c1B2c1ccc(C)cc1S3. The molecule has 0 saturated heterocycles. The molecule has 8 heteroatoms. The van der Waals surface area contributed by atoms with Gasteiger partial charge in [-0.05, 0) is 160 Å². The summed E-state index contributed by atoms with van der Waals surface area (Å²) in [5.74, 6) is 0. The summed E-state index contributed by atoms with van der Waals surface area (Å²) in [6.45, 7) is 32.3. The molecule has 0 unspecified atom stereocenters. The quantitative estimate of drug-likeness (QED) is 0.152. The number of hydrogen-bond donors (Lipinski definition) is 0. The first-order valence-electron chi connectivity index (χ1n) is 28.4. The molecule has 0 radical (unpaired) electrons. The van der Waals surface area contributed by atoms with E-state index >= 15 is 0 Å². The molecule has 0 aliphatic carbocycles. The van der Waals surface area contributed by atoms with E-state index in [-0.39, 0.29) is 35.1 Å². The van der Waals surface area contributed by atoms with Gasteiger partial charge in [0.05, 0.1) is 0 Å². The minimum Gasteiger partial charge on any atom is -0.310 e. The highest BCUT2D eigenvalue weighted by molar-refractivity contribution is 8.02. The van der Waals surface area contributed by atoms with Crippen LogP contribution in [0.3, 0.4) is 0 Å². The lowest BCUT2D eigenvalue weighted by Gasteiger charge is -2.38. The van der Waals surface area contributed by atoms with Crippen LogP contribution in [0.2, 0.25) is 0 Å². The fraction of sp³-hybridized carbons (Fsp3) is 0.250. The molecule has 80 heavy (non-hydrogen) atoms. The first-order chi connectivity index (χ1) is 37.9. The van der Waals surface area contributed by atoms with Crippen LogP contribution in [-0.4, -0.2) is 13.4 Å². The van der Waals surface area contributed by atoms with Crippen molar-refractivity contribution >= 4 is 127 Å². The maximum atomic E-state index is 2.65. The van der Waals surface area contributed by atoms with Gasteiger partial charge >= 0.3 is 0 Å². The van der Waals surface area contributed by atoms with Gasteiger partial charge in [0, 0.05) is 73.3 Å². The average molecular weight is 1110 g/mol. The molecule has 13 rings (SSSR count). The zero-order valence-electron chi connectivity index (χ0n) is 48.8. The van der Waals surface area contributed by atoms with Gasteiger partial charge in [-0.25, -0.2) is 0 Å². The molecule has 0 saturated carbocycles. The van der Waals surface area contributed by atoms with E-state index in [1.54, 1.807) is 0 Å². The highest BCUT2D eigenvalue weighted by Crippen LogP contribution is 2.49. The first-order valence-corrected chi connectivity index (χ1v) is 31.7. The van der Waals surface area contributed by atoms with E-state index in [1.165, 1.54) is 117 Å². The van der Waals surface area contributed by atoms with Crippen molar-refractivity contribution in [3.8, 4) is 0 Å². The van der Waals surface area contributed by atoms with Crippen molar-refractivity contribution in [1.82, 2.24) is 0 Å². The van der Waals surface area contributed by atoms with Crippen molar-refractivity contribution in [3.63, 3.8) is 0 Å². The second-order valence-corrected chi connectivity index (χ2v) is 31.2. The minimum absolute atomic E-state index is 0.0512. The second kappa shape index (κ2) is 19.4. The molecular formula is C72H70B2N2S4. The fourth-order valence-electron chi connectivity index (χ4n) is 12.3. The summed E-state index contributed by atoms with van der Waals surface area (Å²) in [7, 11) is 0. The summed E-state index contributed by atoms with van der Waals surface area (Å²) in [5.41, 5.74) is 23.7. The summed E-state index contributed by atoms with van der Waals surface area (Å²) in [6, 6.07) is 66.8. The molecule has 0 bridgehead atoms. The maximum absolute atomic E-state index is 2.65. The van der Waals surface area contributed by atoms with E-state index in [0.29, 0.717) is 0 Å². The summed E-state index contributed by atoms with van der Waals surface area (Å²) in [4.78, 5) is 15.7. The Hall–Kier alpha value is -5.89. The van der Waals surface area contributed by atoms with Crippen molar-refractivity contribution in [2.45, 2.75) is 158 Å². The second-order valence-electron chi connectivity index (χ2n) is 26.9. The van der Waals surface area contributed by atoms with Crippen LogP contribution in [0.4, 0.5) is 34.1 Å². The van der Waals surface area contributed by atoms with E-state index in [0.717, 1.165) is 22.7 Å². The van der Waals surface area contributed by atoms with Crippen LogP contribution in [0, 0.1) is 13.8 Å². The van der Waals surface area contributed by atoms with Crippen molar-refractivity contribution in [1.29, 1.82) is 0 Å². The van der Waals surface area contributed by atoms with E-state index in [1.807, 2.05) is 47.0 Å². The number of hydrogen-bond acceptors (Lipinski definition) is 6. The van der Waals surface area contributed by atoms with Crippen LogP contribution < -0.4 is 42.6 Å². The third-order valence-electron chi connectivity index (χ3n) is 16.8. The molecule has 0 amide bonds. The molecule has 2 nitrogen and oxygen atoms in total. The van der Waals surface area contributed by atoms with Crippen LogP contribution in [0.1, 0.15) is 116 Å². The molecule has 9 aromatic rings. The summed E-state index contributed by atoms with van der Waals surface area (Å²) < 4.78 is 0. The molecule has 0 aromatic heterocycles. The lowest BCUT2D eigenvalue weighted by Crippen LogP contribution is -2.62. The van der Waals surface area contributed by atoms with Crippen LogP contribution in [-0.2, 0) is 21.7 Å². The van der Waals surface area contributed by atoms with E-state index < -0.39 is 0 Å². The van der Waals surface area contributed by atoms with Gasteiger partial charge in [-0.2, -0.15) is 0 Å². The first kappa shape index (κ1) is 53.4. The van der Waals surface area contributed by atoms with Gasteiger partial charge < -0.3 is 9.80 Å². The number of benzene rings is 9. The summed E-state index contributed by atoms with van der Waals surface area (Å²) >= 11 is 7.85. The van der Waals surface area contributed by atoms with Crippen LogP contribution in [0.25, 0.3) is 0 Å². The van der Waals surface area contributed by atoms with Crippen LogP contribution >= 0.6 is 47.0 Å². The van der Waals surface area contributed by atoms with Gasteiger partial charge in [0.1, 0.15) is 0 Å². The predicted molar refractivity (Wildman–Crippen MR) is 352 cm³/mol. The van der Waals surface area contributed by atoms with Gasteiger partial charge in [-0.3, -0.25) is 0 Å². The molecule has 9 aromatic carbocycles. The monoisotopic (exact) mass is 1110 g/mol. The van der Waals surface area contributed by atoms with Gasteiger partial charge in [0.15, 0.2) is 0 Å². The zero-order valence-corrected chi connectivity index (χ0v) is 52.1. The van der Waals surface area contributed by atoms with Crippen molar-refractivity contribution in [2.24, 2.45) is 0 Å². The topological polar surface area (TPSA) is 6.48 Å². The third-order valence-corrected chi connectivity index (χ3v) is 21.4. The van der Waals surface area contributed by atoms with Gasteiger partial charge in [-0.1, -0.05) is 242 Å². The molecule has 4 aliphatic heterocycles. The maximum Gasteiger partial charge on any atom is 0.247 e. The molecule has 4 heterocycles. The van der Waals surface area contributed by atoms with Crippen molar-refractivity contribution in [3.05, 3.63) is 203 Å². The van der Waals surface area contributed by atoms with Crippen LogP contribution in [0.5, 0.6) is 0 Å². The van der Waals surface area contributed by atoms with Crippen molar-refractivity contribution in [2.75, 3.05) is 9.80 Å². The Bertz CT molecular complexity index is 3580. The Morgan fingerprint density at radius 2 is 0.525 bits per heavy atom. The summed E-state index contributed by atoms with van der Waals surface area (Å²) in [5, 5.41) is 0. The minimum atomic E-state index is 0.0512. The molecule has 0 fully saturated rings. The Morgan fingerprint density at radius 1 is 0.263 bits per heavy atom. The number of aryl methyl sites for hydroxylation is 2. The average Bonchev–Trinajstić information content (AvgIpc) is 3.56.